The van der Waals surface area contributed by atoms with E-state index in [-0.39, 0.29) is 6.04 Å². The third-order valence-electron chi connectivity index (χ3n) is 4.03. The molecule has 0 aliphatic carbocycles. The van der Waals surface area contributed by atoms with Crippen molar-refractivity contribution in [2.75, 3.05) is 39.9 Å². The van der Waals surface area contributed by atoms with Gasteiger partial charge in [0, 0.05) is 52.0 Å². The summed E-state index contributed by atoms with van der Waals surface area (Å²) in [5, 5.41) is 3.41. The van der Waals surface area contributed by atoms with Crippen LogP contribution in [-0.2, 0) is 4.74 Å². The summed E-state index contributed by atoms with van der Waals surface area (Å²) in [6.45, 7) is 7.16. The fourth-order valence-electron chi connectivity index (χ4n) is 2.81. The Morgan fingerprint density at radius 2 is 1.80 bits per heavy atom. The third kappa shape index (κ3) is 4.03. The SMILES string of the molecule is COCCC(c1ccc([C@H](C)N)cc1)N1CCNCC1. The number of nitrogens with two attached hydrogens (primary N) is 1. The number of piperazine rings is 1. The van der Waals surface area contributed by atoms with E-state index >= 15 is 0 Å². The predicted molar refractivity (Wildman–Crippen MR) is 82.7 cm³/mol. The molecule has 0 aromatic heterocycles. The van der Waals surface area contributed by atoms with E-state index in [1.54, 1.807) is 7.11 Å². The molecule has 3 N–H and O–H groups in total. The van der Waals surface area contributed by atoms with E-state index in [9.17, 15) is 0 Å². The highest BCUT2D eigenvalue weighted by atomic mass is 16.5. The van der Waals surface area contributed by atoms with Crippen LogP contribution in [0, 0.1) is 0 Å². The van der Waals surface area contributed by atoms with Gasteiger partial charge in [0.2, 0.25) is 0 Å². The van der Waals surface area contributed by atoms with Gasteiger partial charge < -0.3 is 15.8 Å². The van der Waals surface area contributed by atoms with Gasteiger partial charge in [-0.05, 0) is 24.5 Å². The highest BCUT2D eigenvalue weighted by Crippen LogP contribution is 2.26. The normalized spacial score (nSPS) is 19.8. The minimum absolute atomic E-state index is 0.0978. The van der Waals surface area contributed by atoms with Crippen molar-refractivity contribution in [1.29, 1.82) is 0 Å². The molecule has 1 aliphatic rings. The van der Waals surface area contributed by atoms with E-state index in [4.69, 9.17) is 10.5 Å². The summed E-state index contributed by atoms with van der Waals surface area (Å²) in [6.07, 6.45) is 1.04. The average molecular weight is 277 g/mol. The first-order valence-electron chi connectivity index (χ1n) is 7.51. The van der Waals surface area contributed by atoms with Crippen LogP contribution >= 0.6 is 0 Å². The van der Waals surface area contributed by atoms with Crippen molar-refractivity contribution in [3.63, 3.8) is 0 Å². The summed E-state index contributed by atoms with van der Waals surface area (Å²) < 4.78 is 5.28. The molecule has 112 valence electrons. The summed E-state index contributed by atoms with van der Waals surface area (Å²) >= 11 is 0. The molecule has 20 heavy (non-hydrogen) atoms. The van der Waals surface area contributed by atoms with Gasteiger partial charge in [0.05, 0.1) is 0 Å². The molecule has 0 saturated carbocycles. The van der Waals surface area contributed by atoms with Crippen molar-refractivity contribution in [2.24, 2.45) is 5.73 Å². The molecule has 1 aromatic carbocycles. The standard InChI is InChI=1S/C16H27N3O/c1-13(17)14-3-5-15(6-4-14)16(7-12-20-2)19-10-8-18-9-11-19/h3-6,13,16,18H,7-12,17H2,1-2H3/t13-,16?/m0/s1. The molecule has 0 radical (unpaired) electrons. The molecule has 0 amide bonds. The molecule has 4 nitrogen and oxygen atoms in total. The molecular weight excluding hydrogens is 250 g/mol. The van der Waals surface area contributed by atoms with Crippen LogP contribution in [-0.4, -0.2) is 44.8 Å². The Kier molecular flexibility index (Phi) is 5.98. The Morgan fingerprint density at radius 1 is 1.20 bits per heavy atom. The molecule has 0 bridgehead atoms. The number of rotatable bonds is 6. The number of nitrogens with zero attached hydrogens (tertiary/aromatic N) is 1. The molecule has 1 fully saturated rings. The number of methoxy groups -OCH3 is 1. The van der Waals surface area contributed by atoms with Gasteiger partial charge in [-0.2, -0.15) is 0 Å². The average Bonchev–Trinajstić information content (AvgIpc) is 2.49. The summed E-state index contributed by atoms with van der Waals surface area (Å²) in [6, 6.07) is 9.30. The van der Waals surface area contributed by atoms with Crippen LogP contribution in [0.25, 0.3) is 0 Å². The molecule has 1 unspecified atom stereocenters. The number of nitrogens with one attached hydrogen (secondary N) is 1. The van der Waals surface area contributed by atoms with E-state index in [1.807, 2.05) is 6.92 Å². The second kappa shape index (κ2) is 7.74. The van der Waals surface area contributed by atoms with Crippen LogP contribution in [0.4, 0.5) is 0 Å². The van der Waals surface area contributed by atoms with Crippen molar-refractivity contribution in [3.8, 4) is 0 Å². The molecule has 1 saturated heterocycles. The predicted octanol–water partition coefficient (Wildman–Crippen LogP) is 1.69. The maximum Gasteiger partial charge on any atom is 0.0480 e. The topological polar surface area (TPSA) is 50.5 Å². The van der Waals surface area contributed by atoms with Gasteiger partial charge in [-0.25, -0.2) is 0 Å². The summed E-state index contributed by atoms with van der Waals surface area (Å²) in [4.78, 5) is 2.55. The van der Waals surface area contributed by atoms with Crippen molar-refractivity contribution in [2.45, 2.75) is 25.4 Å². The zero-order chi connectivity index (χ0) is 14.4. The van der Waals surface area contributed by atoms with Gasteiger partial charge in [-0.15, -0.1) is 0 Å². The Balaban J connectivity index is 2.11. The number of ether oxygens (including phenoxy) is 1. The molecule has 1 aliphatic heterocycles. The Hall–Kier alpha value is -0.940. The maximum absolute atomic E-state index is 5.92. The van der Waals surface area contributed by atoms with Gasteiger partial charge in [-0.1, -0.05) is 24.3 Å². The lowest BCUT2D eigenvalue weighted by Gasteiger charge is -2.35. The fourth-order valence-corrected chi connectivity index (χ4v) is 2.81. The monoisotopic (exact) mass is 277 g/mol. The summed E-state index contributed by atoms with van der Waals surface area (Å²) in [7, 11) is 1.77. The highest BCUT2D eigenvalue weighted by Gasteiger charge is 2.21. The Bertz CT molecular complexity index is 385. The molecule has 1 heterocycles. The zero-order valence-corrected chi connectivity index (χ0v) is 12.6. The lowest BCUT2D eigenvalue weighted by molar-refractivity contribution is 0.120. The first-order chi connectivity index (χ1) is 9.72. The van der Waals surface area contributed by atoms with Crippen molar-refractivity contribution in [1.82, 2.24) is 10.2 Å². The minimum Gasteiger partial charge on any atom is -0.385 e. The number of hydrogen-bond donors (Lipinski definition) is 2. The molecule has 1 aromatic rings. The van der Waals surface area contributed by atoms with Crippen molar-refractivity contribution >= 4 is 0 Å². The lowest BCUT2D eigenvalue weighted by atomic mass is 9.98. The minimum atomic E-state index is 0.0978. The van der Waals surface area contributed by atoms with E-state index in [2.05, 4.69) is 34.5 Å². The largest absolute Gasteiger partial charge is 0.385 e. The first kappa shape index (κ1) is 15.4. The summed E-state index contributed by atoms with van der Waals surface area (Å²) in [5.41, 5.74) is 8.49. The van der Waals surface area contributed by atoms with Gasteiger partial charge in [0.25, 0.3) is 0 Å². The van der Waals surface area contributed by atoms with Crippen LogP contribution in [0.15, 0.2) is 24.3 Å². The van der Waals surface area contributed by atoms with Crippen LogP contribution in [0.5, 0.6) is 0 Å². The molecule has 0 spiro atoms. The van der Waals surface area contributed by atoms with E-state index in [0.717, 1.165) is 39.2 Å². The third-order valence-corrected chi connectivity index (χ3v) is 4.03. The number of benzene rings is 1. The number of hydrogen-bond acceptors (Lipinski definition) is 4. The van der Waals surface area contributed by atoms with Gasteiger partial charge in [0.1, 0.15) is 0 Å². The summed E-state index contributed by atoms with van der Waals surface area (Å²) in [5.74, 6) is 0. The second-order valence-corrected chi connectivity index (χ2v) is 5.54. The van der Waals surface area contributed by atoms with E-state index in [0.29, 0.717) is 6.04 Å². The molecule has 4 heteroatoms. The van der Waals surface area contributed by atoms with Crippen LogP contribution in [0.3, 0.4) is 0 Å². The van der Waals surface area contributed by atoms with Gasteiger partial charge >= 0.3 is 0 Å². The quantitative estimate of drug-likeness (QED) is 0.831. The zero-order valence-electron chi connectivity index (χ0n) is 12.6. The molecular formula is C16H27N3O. The van der Waals surface area contributed by atoms with Crippen LogP contribution in [0.2, 0.25) is 0 Å². The van der Waals surface area contributed by atoms with Crippen LogP contribution < -0.4 is 11.1 Å². The Labute approximate surface area is 122 Å². The molecule has 2 atom stereocenters. The van der Waals surface area contributed by atoms with E-state index < -0.39 is 0 Å². The molecule has 2 rings (SSSR count). The van der Waals surface area contributed by atoms with E-state index in [1.165, 1.54) is 11.1 Å². The van der Waals surface area contributed by atoms with Crippen LogP contribution in [0.1, 0.15) is 36.6 Å². The maximum atomic E-state index is 5.92. The fraction of sp³-hybridized carbons (Fsp3) is 0.625. The van der Waals surface area contributed by atoms with Crippen molar-refractivity contribution < 1.29 is 4.74 Å². The lowest BCUT2D eigenvalue weighted by Crippen LogP contribution is -2.45. The van der Waals surface area contributed by atoms with Gasteiger partial charge in [-0.3, -0.25) is 4.90 Å². The smallest absolute Gasteiger partial charge is 0.0480 e. The first-order valence-corrected chi connectivity index (χ1v) is 7.51. The Morgan fingerprint density at radius 3 is 2.35 bits per heavy atom. The van der Waals surface area contributed by atoms with Gasteiger partial charge in [0.15, 0.2) is 0 Å². The second-order valence-electron chi connectivity index (χ2n) is 5.54. The highest BCUT2D eigenvalue weighted by molar-refractivity contribution is 5.27. The van der Waals surface area contributed by atoms with Crippen molar-refractivity contribution in [3.05, 3.63) is 35.4 Å².